The summed E-state index contributed by atoms with van der Waals surface area (Å²) in [6.45, 7) is 2.29. The van der Waals surface area contributed by atoms with Gasteiger partial charge in [0.1, 0.15) is 0 Å². The first kappa shape index (κ1) is 8.55. The topological polar surface area (TPSA) is 12.5 Å². The minimum absolute atomic E-state index is 0.677. The first-order valence-corrected chi connectivity index (χ1v) is 5.55. The van der Waals surface area contributed by atoms with Crippen molar-refractivity contribution >= 4 is 0 Å². The van der Waals surface area contributed by atoms with Gasteiger partial charge in [-0.05, 0) is 31.6 Å². The molecule has 1 aliphatic heterocycles. The van der Waals surface area contributed by atoms with Gasteiger partial charge in [-0.2, -0.15) is 0 Å². The van der Waals surface area contributed by atoms with Crippen molar-refractivity contribution in [3.05, 3.63) is 0 Å². The maximum absolute atomic E-state index is 5.51. The van der Waals surface area contributed by atoms with Crippen molar-refractivity contribution in [1.29, 1.82) is 0 Å². The third-order valence-electron chi connectivity index (χ3n) is 3.37. The molecule has 2 aliphatic rings. The maximum Gasteiger partial charge on any atom is 0.0842 e. The molecule has 1 heterocycles. The van der Waals surface area contributed by atoms with Crippen LogP contribution in [0.5, 0.6) is 0 Å². The van der Waals surface area contributed by atoms with Crippen LogP contribution in [-0.4, -0.2) is 12.2 Å². The predicted molar refractivity (Wildman–Crippen MR) is 50.1 cm³/mol. The molecule has 0 aromatic carbocycles. The molecule has 0 bridgehead atoms. The molecule has 2 rings (SSSR count). The minimum atomic E-state index is 0.677. The van der Waals surface area contributed by atoms with E-state index in [4.69, 9.17) is 4.74 Å². The lowest BCUT2D eigenvalue weighted by Crippen LogP contribution is -2.00. The number of fused-ring (bicyclic) bond motifs is 1. The number of ether oxygens (including phenoxy) is 1. The van der Waals surface area contributed by atoms with Crippen molar-refractivity contribution in [2.75, 3.05) is 0 Å². The quantitative estimate of drug-likeness (QED) is 0.590. The van der Waals surface area contributed by atoms with Crippen molar-refractivity contribution in [1.82, 2.24) is 0 Å². The summed E-state index contributed by atoms with van der Waals surface area (Å²) in [5.41, 5.74) is 0. The van der Waals surface area contributed by atoms with Crippen molar-refractivity contribution in [3.8, 4) is 0 Å². The Bertz CT molecular complexity index is 132. The van der Waals surface area contributed by atoms with Crippen LogP contribution < -0.4 is 0 Å². The summed E-state index contributed by atoms with van der Waals surface area (Å²) >= 11 is 0. The second kappa shape index (κ2) is 3.78. The summed E-state index contributed by atoms with van der Waals surface area (Å²) in [7, 11) is 0. The fourth-order valence-electron chi connectivity index (χ4n) is 2.41. The Morgan fingerprint density at radius 3 is 2.33 bits per heavy atom. The van der Waals surface area contributed by atoms with E-state index in [-0.39, 0.29) is 0 Å². The molecule has 0 aromatic rings. The highest BCUT2D eigenvalue weighted by molar-refractivity contribution is 4.88. The second-order valence-corrected chi connectivity index (χ2v) is 4.38. The van der Waals surface area contributed by atoms with E-state index in [1.54, 1.807) is 0 Å². The van der Waals surface area contributed by atoms with E-state index in [0.29, 0.717) is 12.2 Å². The minimum Gasteiger partial charge on any atom is -0.370 e. The van der Waals surface area contributed by atoms with Crippen LogP contribution in [0.3, 0.4) is 0 Å². The molecular weight excluding hydrogens is 148 g/mol. The fraction of sp³-hybridized carbons (Fsp3) is 1.00. The zero-order valence-corrected chi connectivity index (χ0v) is 8.09. The van der Waals surface area contributed by atoms with Crippen LogP contribution in [0.25, 0.3) is 0 Å². The second-order valence-electron chi connectivity index (χ2n) is 4.38. The van der Waals surface area contributed by atoms with Crippen molar-refractivity contribution in [2.45, 2.75) is 64.1 Å². The van der Waals surface area contributed by atoms with Crippen LogP contribution >= 0.6 is 0 Å². The first-order valence-electron chi connectivity index (χ1n) is 5.55. The Morgan fingerprint density at radius 1 is 1.08 bits per heavy atom. The van der Waals surface area contributed by atoms with Gasteiger partial charge in [0.05, 0.1) is 12.2 Å². The van der Waals surface area contributed by atoms with Crippen LogP contribution in [0, 0.1) is 5.92 Å². The summed E-state index contributed by atoms with van der Waals surface area (Å²) in [5.74, 6) is 1.03. The molecule has 0 N–H and O–H groups in total. The lowest BCUT2D eigenvalue weighted by Gasteiger charge is -2.13. The van der Waals surface area contributed by atoms with Gasteiger partial charge in [0.15, 0.2) is 0 Å². The third-order valence-corrected chi connectivity index (χ3v) is 3.37. The first-order chi connectivity index (χ1) is 5.90. The summed E-state index contributed by atoms with van der Waals surface area (Å²) in [6.07, 6.45) is 11.2. The standard InChI is InChI=1S/C11H20O/c1-2-3-4-9-5-7-10-11(12-10)8-6-9/h9-11H,2-8H2,1H3. The monoisotopic (exact) mass is 168 g/mol. The zero-order valence-electron chi connectivity index (χ0n) is 8.09. The molecule has 1 aliphatic carbocycles. The summed E-state index contributed by atoms with van der Waals surface area (Å²) < 4.78 is 5.51. The van der Waals surface area contributed by atoms with Crippen LogP contribution in [0.15, 0.2) is 0 Å². The van der Waals surface area contributed by atoms with Gasteiger partial charge in [-0.1, -0.05) is 26.2 Å². The molecule has 2 atom stereocenters. The smallest absolute Gasteiger partial charge is 0.0842 e. The Hall–Kier alpha value is -0.0400. The highest BCUT2D eigenvalue weighted by atomic mass is 16.6. The summed E-state index contributed by atoms with van der Waals surface area (Å²) in [4.78, 5) is 0. The lowest BCUT2D eigenvalue weighted by molar-refractivity contribution is 0.293. The SMILES string of the molecule is CCCCC1CCC2OC2CC1. The van der Waals surface area contributed by atoms with Crippen LogP contribution in [0.2, 0.25) is 0 Å². The molecule has 1 saturated carbocycles. The molecule has 0 aromatic heterocycles. The third kappa shape index (κ3) is 2.01. The van der Waals surface area contributed by atoms with Gasteiger partial charge in [0, 0.05) is 0 Å². The Morgan fingerprint density at radius 2 is 1.75 bits per heavy atom. The van der Waals surface area contributed by atoms with Gasteiger partial charge in [-0.15, -0.1) is 0 Å². The van der Waals surface area contributed by atoms with Gasteiger partial charge >= 0.3 is 0 Å². The Kier molecular flexibility index (Phi) is 2.69. The van der Waals surface area contributed by atoms with E-state index in [2.05, 4.69) is 6.92 Å². The lowest BCUT2D eigenvalue weighted by atomic mass is 9.94. The molecule has 12 heavy (non-hydrogen) atoms. The molecule has 1 nitrogen and oxygen atoms in total. The Labute approximate surface area is 75.5 Å². The molecular formula is C11H20O. The van der Waals surface area contributed by atoms with E-state index in [1.165, 1.54) is 44.9 Å². The molecule has 0 spiro atoms. The molecule has 70 valence electrons. The molecule has 2 fully saturated rings. The van der Waals surface area contributed by atoms with Gasteiger partial charge < -0.3 is 4.74 Å². The van der Waals surface area contributed by atoms with E-state index in [9.17, 15) is 0 Å². The molecule has 0 amide bonds. The van der Waals surface area contributed by atoms with Crippen molar-refractivity contribution < 1.29 is 4.74 Å². The highest BCUT2D eigenvalue weighted by Gasteiger charge is 2.40. The normalized spacial score (nSPS) is 40.2. The van der Waals surface area contributed by atoms with Gasteiger partial charge in [0.2, 0.25) is 0 Å². The number of rotatable bonds is 3. The van der Waals surface area contributed by atoms with Gasteiger partial charge in [0.25, 0.3) is 0 Å². The predicted octanol–water partition coefficient (Wildman–Crippen LogP) is 3.13. The Balaban J connectivity index is 1.69. The molecule has 0 radical (unpaired) electrons. The van der Waals surface area contributed by atoms with E-state index in [0.717, 1.165) is 5.92 Å². The maximum atomic E-state index is 5.51. The number of hydrogen-bond acceptors (Lipinski definition) is 1. The number of epoxide rings is 1. The molecule has 1 heteroatoms. The van der Waals surface area contributed by atoms with E-state index < -0.39 is 0 Å². The van der Waals surface area contributed by atoms with Crippen LogP contribution in [0.1, 0.15) is 51.9 Å². The number of unbranched alkanes of at least 4 members (excludes halogenated alkanes) is 1. The van der Waals surface area contributed by atoms with Crippen LogP contribution in [0.4, 0.5) is 0 Å². The molecule has 2 unspecified atom stereocenters. The average Bonchev–Trinajstić information content (AvgIpc) is 2.80. The zero-order chi connectivity index (χ0) is 8.39. The largest absolute Gasteiger partial charge is 0.370 e. The van der Waals surface area contributed by atoms with Gasteiger partial charge in [-0.25, -0.2) is 0 Å². The van der Waals surface area contributed by atoms with E-state index in [1.807, 2.05) is 0 Å². The van der Waals surface area contributed by atoms with Crippen LogP contribution in [-0.2, 0) is 4.74 Å². The number of hydrogen-bond donors (Lipinski definition) is 0. The highest BCUT2D eigenvalue weighted by Crippen LogP contribution is 2.38. The van der Waals surface area contributed by atoms with Crippen molar-refractivity contribution in [3.63, 3.8) is 0 Å². The van der Waals surface area contributed by atoms with Gasteiger partial charge in [-0.3, -0.25) is 0 Å². The fourth-order valence-corrected chi connectivity index (χ4v) is 2.41. The average molecular weight is 168 g/mol. The summed E-state index contributed by atoms with van der Waals surface area (Å²) in [5, 5.41) is 0. The summed E-state index contributed by atoms with van der Waals surface area (Å²) in [6, 6.07) is 0. The molecule has 1 saturated heterocycles. The van der Waals surface area contributed by atoms with Crippen molar-refractivity contribution in [2.24, 2.45) is 5.92 Å². The van der Waals surface area contributed by atoms with E-state index >= 15 is 0 Å².